The van der Waals surface area contributed by atoms with Crippen molar-refractivity contribution in [1.29, 1.82) is 0 Å². The Bertz CT molecular complexity index is 1140. The van der Waals surface area contributed by atoms with Crippen molar-refractivity contribution < 1.29 is 24.7 Å². The van der Waals surface area contributed by atoms with Gasteiger partial charge in [0, 0.05) is 22.2 Å². The number of hydrogen-bond acceptors (Lipinski definition) is 15. The third-order valence-electron chi connectivity index (χ3n) is 4.02. The molecule has 0 aromatic carbocycles. The molecule has 2 aliphatic rings. The van der Waals surface area contributed by atoms with Gasteiger partial charge in [-0.3, -0.25) is 14.5 Å². The summed E-state index contributed by atoms with van der Waals surface area (Å²) in [6.45, 7) is 0. The fraction of sp³-hybridized carbons (Fsp3) is 0.231. The first kappa shape index (κ1) is 21.3. The number of nitrogen functional groups attached to an aromatic ring is 2. The number of carboxylic acids is 1. The Morgan fingerprint density at radius 1 is 1.29 bits per heavy atom. The summed E-state index contributed by atoms with van der Waals surface area (Å²) >= 11 is 4.23. The first-order valence-corrected chi connectivity index (χ1v) is 11.6. The van der Waals surface area contributed by atoms with Gasteiger partial charge in [0.05, 0.1) is 0 Å². The second-order valence-electron chi connectivity index (χ2n) is 5.85. The molecule has 0 saturated carbocycles. The molecular formula is C13H11N9O5S4. The molecule has 18 heteroatoms. The van der Waals surface area contributed by atoms with Crippen molar-refractivity contribution in [3.63, 3.8) is 0 Å². The summed E-state index contributed by atoms with van der Waals surface area (Å²) in [5.74, 6) is -2.74. The van der Waals surface area contributed by atoms with Gasteiger partial charge in [0.1, 0.15) is 17.1 Å². The molecule has 2 aliphatic heterocycles. The number of nitrogens with one attached hydrogen (secondary N) is 1. The van der Waals surface area contributed by atoms with Crippen LogP contribution in [0.4, 0.5) is 10.3 Å². The molecule has 1 unspecified atom stereocenters. The molecule has 1 fully saturated rings. The molecule has 162 valence electrons. The third-order valence-corrected chi connectivity index (χ3v) is 7.92. The van der Waals surface area contributed by atoms with E-state index in [2.05, 4.69) is 30.0 Å². The first-order valence-electron chi connectivity index (χ1n) is 8.10. The van der Waals surface area contributed by atoms with Gasteiger partial charge in [-0.1, -0.05) is 28.3 Å². The summed E-state index contributed by atoms with van der Waals surface area (Å²) in [6, 6.07) is -1.02. The molecule has 1 saturated heterocycles. The van der Waals surface area contributed by atoms with Crippen molar-refractivity contribution in [1.82, 2.24) is 29.8 Å². The number of nitrogens with zero attached hydrogens (tertiary/aromatic N) is 6. The number of nitrogens with two attached hydrogens (primary N) is 2. The second-order valence-corrected chi connectivity index (χ2v) is 10.1. The zero-order chi connectivity index (χ0) is 22.3. The molecular weight excluding hydrogens is 490 g/mol. The summed E-state index contributed by atoms with van der Waals surface area (Å²) in [7, 11) is 0. The number of amides is 2. The number of carboxylic acid groups (broad SMARTS) is 1. The SMILES string of the molecule is Nc1nc(/C(=N/O)C(=O)N[C@@H]2C(=O)N3C(C(=O)O)=C(Sc4nnc(N)s4)CSC23)ns1. The van der Waals surface area contributed by atoms with Gasteiger partial charge in [0.15, 0.2) is 9.47 Å². The summed E-state index contributed by atoms with van der Waals surface area (Å²) < 4.78 is 4.24. The Morgan fingerprint density at radius 3 is 2.65 bits per heavy atom. The van der Waals surface area contributed by atoms with Gasteiger partial charge >= 0.3 is 5.97 Å². The van der Waals surface area contributed by atoms with E-state index in [1.807, 2.05) is 0 Å². The molecule has 0 spiro atoms. The van der Waals surface area contributed by atoms with E-state index in [1.54, 1.807) is 0 Å². The van der Waals surface area contributed by atoms with Gasteiger partial charge in [-0.2, -0.15) is 9.36 Å². The minimum atomic E-state index is -1.29. The molecule has 0 aliphatic carbocycles. The molecule has 31 heavy (non-hydrogen) atoms. The number of hydrogen-bond donors (Lipinski definition) is 5. The first-order chi connectivity index (χ1) is 14.8. The van der Waals surface area contributed by atoms with Crippen LogP contribution in [-0.4, -0.2) is 75.4 Å². The number of carbonyl (C=O) groups excluding carboxylic acids is 2. The molecule has 7 N–H and O–H groups in total. The predicted molar refractivity (Wildman–Crippen MR) is 113 cm³/mol. The largest absolute Gasteiger partial charge is 0.477 e. The number of anilines is 2. The molecule has 14 nitrogen and oxygen atoms in total. The van der Waals surface area contributed by atoms with Crippen molar-refractivity contribution in [3.8, 4) is 0 Å². The molecule has 0 radical (unpaired) electrons. The maximum atomic E-state index is 12.7. The van der Waals surface area contributed by atoms with Crippen LogP contribution in [0.25, 0.3) is 0 Å². The molecule has 2 amide bonds. The fourth-order valence-electron chi connectivity index (χ4n) is 2.77. The summed E-state index contributed by atoms with van der Waals surface area (Å²) in [6.07, 6.45) is 0. The topological polar surface area (TPSA) is 223 Å². The van der Waals surface area contributed by atoms with E-state index in [4.69, 9.17) is 16.7 Å². The van der Waals surface area contributed by atoms with Crippen molar-refractivity contribution in [3.05, 3.63) is 16.4 Å². The van der Waals surface area contributed by atoms with Crippen molar-refractivity contribution >= 4 is 80.2 Å². The second kappa shape index (κ2) is 8.29. The smallest absolute Gasteiger partial charge is 0.353 e. The van der Waals surface area contributed by atoms with Gasteiger partial charge < -0.3 is 27.1 Å². The predicted octanol–water partition coefficient (Wildman–Crippen LogP) is -0.779. The van der Waals surface area contributed by atoms with E-state index in [1.165, 1.54) is 11.8 Å². The average molecular weight is 502 g/mol. The zero-order valence-corrected chi connectivity index (χ0v) is 18.2. The molecule has 2 aromatic rings. The lowest BCUT2D eigenvalue weighted by molar-refractivity contribution is -0.150. The highest BCUT2D eigenvalue weighted by molar-refractivity contribution is 8.07. The highest BCUT2D eigenvalue weighted by atomic mass is 32.2. The van der Waals surface area contributed by atoms with Crippen LogP contribution in [0.2, 0.25) is 0 Å². The monoisotopic (exact) mass is 501 g/mol. The number of β-lactam (4-membered cyclic amide) rings is 1. The Balaban J connectivity index is 1.52. The molecule has 2 aromatic heterocycles. The van der Waals surface area contributed by atoms with E-state index >= 15 is 0 Å². The molecule has 4 heterocycles. The van der Waals surface area contributed by atoms with E-state index in [0.717, 1.165) is 39.5 Å². The van der Waals surface area contributed by atoms with Crippen LogP contribution < -0.4 is 16.8 Å². The van der Waals surface area contributed by atoms with Crippen molar-refractivity contribution in [2.45, 2.75) is 15.8 Å². The van der Waals surface area contributed by atoms with Gasteiger partial charge in [0.2, 0.25) is 16.7 Å². The molecule has 2 atom stereocenters. The third kappa shape index (κ3) is 3.89. The number of thioether (sulfide) groups is 2. The number of carbonyl (C=O) groups is 3. The Morgan fingerprint density at radius 2 is 2.06 bits per heavy atom. The summed E-state index contributed by atoms with van der Waals surface area (Å²) in [5.41, 5.74) is 10.3. The number of aliphatic carboxylic acids is 1. The number of rotatable bonds is 6. The van der Waals surface area contributed by atoms with Gasteiger partial charge in [-0.25, -0.2) is 4.79 Å². The lowest BCUT2D eigenvalue weighted by Gasteiger charge is -2.49. The maximum Gasteiger partial charge on any atom is 0.353 e. The minimum Gasteiger partial charge on any atom is -0.477 e. The van der Waals surface area contributed by atoms with Crippen LogP contribution >= 0.6 is 46.4 Å². The highest BCUT2D eigenvalue weighted by Gasteiger charge is 2.54. The van der Waals surface area contributed by atoms with Crippen LogP contribution in [0, 0.1) is 0 Å². The number of oxime groups is 1. The Hall–Kier alpha value is -2.96. The summed E-state index contributed by atoms with van der Waals surface area (Å²) in [5, 5.41) is 31.3. The minimum absolute atomic E-state index is 0.0659. The quantitative estimate of drug-likeness (QED) is 0.142. The van der Waals surface area contributed by atoms with E-state index in [0.29, 0.717) is 9.24 Å². The lowest BCUT2D eigenvalue weighted by Crippen LogP contribution is -2.71. The van der Waals surface area contributed by atoms with Gasteiger partial charge in [-0.05, 0) is 0 Å². The summed E-state index contributed by atoms with van der Waals surface area (Å²) in [4.78, 5) is 42.3. The highest BCUT2D eigenvalue weighted by Crippen LogP contribution is 2.45. The van der Waals surface area contributed by atoms with Crippen molar-refractivity contribution in [2.24, 2.45) is 5.16 Å². The normalized spacial score (nSPS) is 21.0. The van der Waals surface area contributed by atoms with Crippen LogP contribution in [0.3, 0.4) is 0 Å². The number of aromatic nitrogens is 4. The van der Waals surface area contributed by atoms with Gasteiger partial charge in [-0.15, -0.1) is 22.0 Å². The Kier molecular flexibility index (Phi) is 5.69. The van der Waals surface area contributed by atoms with E-state index in [-0.39, 0.29) is 27.5 Å². The lowest BCUT2D eigenvalue weighted by atomic mass is 10.0. The van der Waals surface area contributed by atoms with E-state index in [9.17, 15) is 19.5 Å². The number of fused-ring (bicyclic) bond motifs is 1. The van der Waals surface area contributed by atoms with E-state index < -0.39 is 34.9 Å². The Labute approximate surface area is 188 Å². The van der Waals surface area contributed by atoms with Crippen LogP contribution in [0.1, 0.15) is 5.82 Å². The zero-order valence-electron chi connectivity index (χ0n) is 15.0. The fourth-order valence-corrected chi connectivity index (χ4v) is 6.48. The standard InChI is InChI=1S/C13H11N9O5S4/c14-11-17-6(21-31-11)3(20-27)7(23)16-4-8(24)22-5(10(25)26)2(1-28-9(4)22)29-13-19-18-12(15)30-13/h4,9,27H,1H2,(H2,15,18)(H,16,23)(H,25,26)(H2,14,17,21)/b20-3-/t4-,9?/m1/s1. The van der Waals surface area contributed by atoms with Gasteiger partial charge in [0.25, 0.3) is 11.8 Å². The maximum absolute atomic E-state index is 12.7. The van der Waals surface area contributed by atoms with Crippen molar-refractivity contribution in [2.75, 3.05) is 17.2 Å². The van der Waals surface area contributed by atoms with Crippen LogP contribution in [-0.2, 0) is 14.4 Å². The average Bonchev–Trinajstić information content (AvgIpc) is 3.34. The van der Waals surface area contributed by atoms with Crippen LogP contribution in [0.5, 0.6) is 0 Å². The molecule has 4 rings (SSSR count). The molecule has 0 bridgehead atoms. The van der Waals surface area contributed by atoms with Crippen LogP contribution in [0.15, 0.2) is 20.1 Å².